The summed E-state index contributed by atoms with van der Waals surface area (Å²) in [5.74, 6) is 0. The molecule has 2 heterocycles. The summed E-state index contributed by atoms with van der Waals surface area (Å²) in [5, 5.41) is 6.56. The second-order valence-electron chi connectivity index (χ2n) is 3.81. The highest BCUT2D eigenvalue weighted by atomic mass is 15.2. The predicted octanol–water partition coefficient (Wildman–Crippen LogP) is 2.64. The number of nitrogens with zero attached hydrogens (tertiary/aromatic N) is 3. The lowest BCUT2D eigenvalue weighted by Crippen LogP contribution is -1.84. The number of fused-ring (bicyclic) bond motifs is 1. The van der Waals surface area contributed by atoms with Crippen LogP contribution >= 0.6 is 0 Å². The van der Waals surface area contributed by atoms with Gasteiger partial charge < -0.3 is 0 Å². The lowest BCUT2D eigenvalue weighted by atomic mass is 10.0. The first kappa shape index (κ1) is 9.09. The molecule has 0 aliphatic carbocycles. The van der Waals surface area contributed by atoms with Gasteiger partial charge in [-0.25, -0.2) is 0 Å². The van der Waals surface area contributed by atoms with E-state index in [0.717, 1.165) is 16.5 Å². The molecule has 0 fully saturated rings. The van der Waals surface area contributed by atoms with Gasteiger partial charge in [0.2, 0.25) is 0 Å². The molecular weight excluding hydrogens is 198 g/mol. The molecule has 16 heavy (non-hydrogen) atoms. The van der Waals surface area contributed by atoms with Crippen molar-refractivity contribution >= 4 is 10.8 Å². The average Bonchev–Trinajstić information content (AvgIpc) is 2.75. The summed E-state index contributed by atoms with van der Waals surface area (Å²) in [7, 11) is 1.92. The molecule has 3 rings (SSSR count). The minimum Gasteiger partial charge on any atom is -0.275 e. The molecule has 3 nitrogen and oxygen atoms in total. The SMILES string of the molecule is Cn1cc(-c2cncc3ccccc23)cn1. The molecule has 0 N–H and O–H groups in total. The van der Waals surface area contributed by atoms with E-state index in [1.54, 1.807) is 4.68 Å². The van der Waals surface area contributed by atoms with Crippen LogP contribution in [-0.4, -0.2) is 14.8 Å². The molecule has 0 amide bonds. The third-order valence-corrected chi connectivity index (χ3v) is 2.68. The van der Waals surface area contributed by atoms with Gasteiger partial charge in [0.15, 0.2) is 0 Å². The first-order valence-corrected chi connectivity index (χ1v) is 5.16. The number of pyridine rings is 1. The van der Waals surface area contributed by atoms with Gasteiger partial charge in [0.25, 0.3) is 0 Å². The van der Waals surface area contributed by atoms with Crippen LogP contribution in [0.4, 0.5) is 0 Å². The fourth-order valence-electron chi connectivity index (χ4n) is 1.91. The van der Waals surface area contributed by atoms with Crippen LogP contribution < -0.4 is 0 Å². The van der Waals surface area contributed by atoms with E-state index in [0.29, 0.717) is 0 Å². The highest BCUT2D eigenvalue weighted by Crippen LogP contribution is 2.26. The maximum Gasteiger partial charge on any atom is 0.0568 e. The number of rotatable bonds is 1. The molecular formula is C13H11N3. The average molecular weight is 209 g/mol. The number of aromatic nitrogens is 3. The van der Waals surface area contributed by atoms with E-state index in [4.69, 9.17) is 0 Å². The molecule has 0 atom stereocenters. The van der Waals surface area contributed by atoms with Crippen molar-refractivity contribution < 1.29 is 0 Å². The van der Waals surface area contributed by atoms with Gasteiger partial charge in [-0.15, -0.1) is 0 Å². The molecule has 0 radical (unpaired) electrons. The molecule has 0 bridgehead atoms. The Bertz CT molecular complexity index is 635. The number of benzene rings is 1. The first-order valence-electron chi connectivity index (χ1n) is 5.16. The van der Waals surface area contributed by atoms with Gasteiger partial charge in [-0.3, -0.25) is 9.67 Å². The smallest absolute Gasteiger partial charge is 0.0568 e. The quantitative estimate of drug-likeness (QED) is 0.616. The Morgan fingerprint density at radius 1 is 1.06 bits per heavy atom. The topological polar surface area (TPSA) is 30.7 Å². The maximum absolute atomic E-state index is 4.26. The van der Waals surface area contributed by atoms with E-state index in [-0.39, 0.29) is 0 Å². The van der Waals surface area contributed by atoms with Gasteiger partial charge >= 0.3 is 0 Å². The fraction of sp³-hybridized carbons (Fsp3) is 0.0769. The van der Waals surface area contributed by atoms with Crippen molar-refractivity contribution in [1.82, 2.24) is 14.8 Å². The summed E-state index contributed by atoms with van der Waals surface area (Å²) in [6.45, 7) is 0. The standard InChI is InChI=1S/C13H11N3/c1-16-9-11(7-15-16)13-8-14-6-10-4-2-3-5-12(10)13/h2-9H,1H3. The van der Waals surface area contributed by atoms with E-state index < -0.39 is 0 Å². The summed E-state index contributed by atoms with van der Waals surface area (Å²) >= 11 is 0. The van der Waals surface area contributed by atoms with Crippen molar-refractivity contribution in [1.29, 1.82) is 0 Å². The summed E-state index contributed by atoms with van der Waals surface area (Å²) in [6, 6.07) is 8.25. The molecule has 3 heteroatoms. The molecule has 1 aromatic carbocycles. The zero-order valence-corrected chi connectivity index (χ0v) is 8.96. The third kappa shape index (κ3) is 1.37. The Hall–Kier alpha value is -2.16. The van der Waals surface area contributed by atoms with E-state index in [2.05, 4.69) is 22.2 Å². The van der Waals surface area contributed by atoms with Crippen molar-refractivity contribution in [3.8, 4) is 11.1 Å². The molecule has 78 valence electrons. The maximum atomic E-state index is 4.26. The van der Waals surface area contributed by atoms with Crippen molar-refractivity contribution in [2.45, 2.75) is 0 Å². The zero-order valence-electron chi connectivity index (χ0n) is 8.96. The molecule has 0 aliphatic rings. The minimum atomic E-state index is 1.10. The highest BCUT2D eigenvalue weighted by molar-refractivity contribution is 5.95. The second-order valence-corrected chi connectivity index (χ2v) is 3.81. The minimum absolute atomic E-state index is 1.10. The summed E-state index contributed by atoms with van der Waals surface area (Å²) < 4.78 is 1.80. The van der Waals surface area contributed by atoms with Gasteiger partial charge in [-0.05, 0) is 5.39 Å². The van der Waals surface area contributed by atoms with Crippen LogP contribution in [-0.2, 0) is 7.05 Å². The van der Waals surface area contributed by atoms with E-state index in [9.17, 15) is 0 Å². The molecule has 0 aliphatic heterocycles. The van der Waals surface area contributed by atoms with E-state index >= 15 is 0 Å². The molecule has 0 saturated heterocycles. The molecule has 3 aromatic rings. The van der Waals surface area contributed by atoms with Crippen molar-refractivity contribution in [2.24, 2.45) is 7.05 Å². The van der Waals surface area contributed by atoms with Crippen LogP contribution in [0.2, 0.25) is 0 Å². The Kier molecular flexibility index (Phi) is 1.96. The fourth-order valence-corrected chi connectivity index (χ4v) is 1.91. The second kappa shape index (κ2) is 3.45. The summed E-state index contributed by atoms with van der Waals surface area (Å²) in [6.07, 6.45) is 7.64. The van der Waals surface area contributed by atoms with Crippen LogP contribution in [0.25, 0.3) is 21.9 Å². The normalized spacial score (nSPS) is 10.8. The highest BCUT2D eigenvalue weighted by Gasteiger charge is 2.05. The molecule has 0 saturated carbocycles. The molecule has 0 spiro atoms. The summed E-state index contributed by atoms with van der Waals surface area (Å²) in [5.41, 5.74) is 2.23. The molecule has 2 aromatic heterocycles. The molecule has 0 unspecified atom stereocenters. The zero-order chi connectivity index (χ0) is 11.0. The van der Waals surface area contributed by atoms with Gasteiger partial charge in [0.1, 0.15) is 0 Å². The van der Waals surface area contributed by atoms with Crippen LogP contribution in [0.5, 0.6) is 0 Å². The Morgan fingerprint density at radius 2 is 1.94 bits per heavy atom. The number of aryl methyl sites for hydroxylation is 1. The lowest BCUT2D eigenvalue weighted by molar-refractivity contribution is 0.768. The largest absolute Gasteiger partial charge is 0.275 e. The van der Waals surface area contributed by atoms with E-state index in [1.165, 1.54) is 5.39 Å². The number of hydrogen-bond donors (Lipinski definition) is 0. The van der Waals surface area contributed by atoms with Crippen LogP contribution in [0, 0.1) is 0 Å². The van der Waals surface area contributed by atoms with Crippen LogP contribution in [0.3, 0.4) is 0 Å². The predicted molar refractivity (Wildman–Crippen MR) is 63.9 cm³/mol. The Morgan fingerprint density at radius 3 is 2.75 bits per heavy atom. The third-order valence-electron chi connectivity index (χ3n) is 2.68. The van der Waals surface area contributed by atoms with Gasteiger partial charge in [-0.2, -0.15) is 5.10 Å². The first-order chi connectivity index (χ1) is 7.84. The van der Waals surface area contributed by atoms with Crippen molar-refractivity contribution in [2.75, 3.05) is 0 Å². The van der Waals surface area contributed by atoms with Gasteiger partial charge in [-0.1, -0.05) is 24.3 Å². The van der Waals surface area contributed by atoms with E-state index in [1.807, 2.05) is 44.0 Å². The summed E-state index contributed by atoms with van der Waals surface area (Å²) in [4.78, 5) is 4.26. The number of hydrogen-bond acceptors (Lipinski definition) is 2. The Labute approximate surface area is 93.4 Å². The Balaban J connectivity index is 2.31. The van der Waals surface area contributed by atoms with Crippen molar-refractivity contribution in [3.63, 3.8) is 0 Å². The monoisotopic (exact) mass is 209 g/mol. The van der Waals surface area contributed by atoms with Crippen LogP contribution in [0.15, 0.2) is 49.1 Å². The van der Waals surface area contributed by atoms with Crippen LogP contribution in [0.1, 0.15) is 0 Å². The van der Waals surface area contributed by atoms with Gasteiger partial charge in [0, 0.05) is 42.2 Å². The van der Waals surface area contributed by atoms with Crippen molar-refractivity contribution in [3.05, 3.63) is 49.1 Å². The van der Waals surface area contributed by atoms with Gasteiger partial charge in [0.05, 0.1) is 6.20 Å². The lowest BCUT2D eigenvalue weighted by Gasteiger charge is -2.02.